The number of amides is 2. The summed E-state index contributed by atoms with van der Waals surface area (Å²) in [5, 5.41) is 15.1. The summed E-state index contributed by atoms with van der Waals surface area (Å²) in [6.45, 7) is 1.99. The summed E-state index contributed by atoms with van der Waals surface area (Å²) in [6.07, 6.45) is 1.04. The van der Waals surface area contributed by atoms with Crippen molar-refractivity contribution in [1.82, 2.24) is 9.88 Å². The molecule has 2 N–H and O–H groups in total. The maximum atomic E-state index is 12.7. The summed E-state index contributed by atoms with van der Waals surface area (Å²) in [5.41, 5.74) is 2.67. The topological polar surface area (TPSA) is 107 Å². The van der Waals surface area contributed by atoms with Crippen LogP contribution in [0.3, 0.4) is 0 Å². The van der Waals surface area contributed by atoms with E-state index in [1.807, 2.05) is 6.07 Å². The van der Waals surface area contributed by atoms with E-state index in [2.05, 4.69) is 27.6 Å². The molecule has 168 valence electrons. The van der Waals surface area contributed by atoms with Crippen LogP contribution in [0.15, 0.2) is 48.5 Å². The minimum atomic E-state index is -0.251. The SMILES string of the molecule is CN1CCc2nc(NC(=O)c3cccc(OCCC(=O)Nc4ccc(C#N)cc4)c3)sc2C1. The molecule has 0 saturated heterocycles. The van der Waals surface area contributed by atoms with E-state index in [1.165, 1.54) is 16.2 Å². The summed E-state index contributed by atoms with van der Waals surface area (Å²) in [4.78, 5) is 32.8. The van der Waals surface area contributed by atoms with Gasteiger partial charge in [0, 0.05) is 35.6 Å². The van der Waals surface area contributed by atoms with Crippen molar-refractivity contribution in [3.05, 3.63) is 70.2 Å². The Hall–Kier alpha value is -3.74. The molecule has 9 heteroatoms. The van der Waals surface area contributed by atoms with Crippen LogP contribution in [0.2, 0.25) is 0 Å². The van der Waals surface area contributed by atoms with Crippen molar-refractivity contribution in [3.8, 4) is 11.8 Å². The smallest absolute Gasteiger partial charge is 0.257 e. The number of carbonyl (C=O) groups excluding carboxylic acids is 2. The van der Waals surface area contributed by atoms with E-state index in [0.29, 0.717) is 27.7 Å². The molecule has 8 nitrogen and oxygen atoms in total. The lowest BCUT2D eigenvalue weighted by Gasteiger charge is -2.20. The number of thiazole rings is 1. The van der Waals surface area contributed by atoms with Crippen molar-refractivity contribution in [2.24, 2.45) is 0 Å². The summed E-state index contributed by atoms with van der Waals surface area (Å²) in [7, 11) is 2.07. The van der Waals surface area contributed by atoms with E-state index >= 15 is 0 Å². The number of rotatable bonds is 7. The van der Waals surface area contributed by atoms with Crippen molar-refractivity contribution < 1.29 is 14.3 Å². The molecule has 2 heterocycles. The number of hydrogen-bond donors (Lipinski definition) is 2. The number of hydrogen-bond acceptors (Lipinski definition) is 7. The number of benzene rings is 2. The van der Waals surface area contributed by atoms with Crippen LogP contribution in [0.25, 0.3) is 0 Å². The molecule has 0 radical (unpaired) electrons. The van der Waals surface area contributed by atoms with Crippen molar-refractivity contribution in [2.75, 3.05) is 30.8 Å². The first-order chi connectivity index (χ1) is 16.0. The first-order valence-corrected chi connectivity index (χ1v) is 11.3. The molecule has 3 aromatic rings. The lowest BCUT2D eigenvalue weighted by molar-refractivity contribution is -0.116. The van der Waals surface area contributed by atoms with Crippen LogP contribution in [-0.2, 0) is 17.8 Å². The number of likely N-dealkylation sites (N-methyl/N-ethyl adjacent to an activating group) is 1. The van der Waals surface area contributed by atoms with E-state index in [4.69, 9.17) is 10.00 Å². The van der Waals surface area contributed by atoms with Gasteiger partial charge in [-0.15, -0.1) is 11.3 Å². The van der Waals surface area contributed by atoms with Crippen molar-refractivity contribution in [1.29, 1.82) is 5.26 Å². The molecule has 0 aliphatic carbocycles. The lowest BCUT2D eigenvalue weighted by atomic mass is 10.2. The number of nitriles is 1. The minimum absolute atomic E-state index is 0.148. The third-order valence-corrected chi connectivity index (χ3v) is 6.13. The molecule has 0 atom stereocenters. The van der Waals surface area contributed by atoms with Crippen molar-refractivity contribution in [2.45, 2.75) is 19.4 Å². The molecule has 0 fully saturated rings. The van der Waals surface area contributed by atoms with E-state index in [1.54, 1.807) is 48.5 Å². The summed E-state index contributed by atoms with van der Waals surface area (Å²) < 4.78 is 5.67. The first-order valence-electron chi connectivity index (χ1n) is 10.5. The maximum Gasteiger partial charge on any atom is 0.257 e. The molecular weight excluding hydrogens is 438 g/mol. The highest BCUT2D eigenvalue weighted by atomic mass is 32.1. The van der Waals surface area contributed by atoms with E-state index < -0.39 is 0 Å². The van der Waals surface area contributed by atoms with Gasteiger partial charge in [0.2, 0.25) is 5.91 Å². The average Bonchev–Trinajstić information content (AvgIpc) is 3.21. The highest BCUT2D eigenvalue weighted by Crippen LogP contribution is 2.28. The monoisotopic (exact) mass is 461 g/mol. The summed E-state index contributed by atoms with van der Waals surface area (Å²) in [5.74, 6) is 0.0549. The quantitative estimate of drug-likeness (QED) is 0.556. The van der Waals surface area contributed by atoms with Crippen LogP contribution >= 0.6 is 11.3 Å². The van der Waals surface area contributed by atoms with Gasteiger partial charge in [-0.3, -0.25) is 14.9 Å². The number of anilines is 2. The molecule has 2 aromatic carbocycles. The highest BCUT2D eigenvalue weighted by Gasteiger charge is 2.19. The Kier molecular flexibility index (Phi) is 6.98. The second kappa shape index (κ2) is 10.3. The Labute approximate surface area is 195 Å². The van der Waals surface area contributed by atoms with Gasteiger partial charge < -0.3 is 15.0 Å². The Bertz CT molecular complexity index is 1200. The molecule has 0 spiro atoms. The van der Waals surface area contributed by atoms with Crippen LogP contribution in [0.5, 0.6) is 5.75 Å². The summed E-state index contributed by atoms with van der Waals surface area (Å²) in [6, 6.07) is 15.5. The number of nitrogens with zero attached hydrogens (tertiary/aromatic N) is 3. The molecule has 4 rings (SSSR count). The Morgan fingerprint density at radius 1 is 1.21 bits per heavy atom. The van der Waals surface area contributed by atoms with E-state index in [0.717, 1.165) is 25.2 Å². The van der Waals surface area contributed by atoms with Gasteiger partial charge in [-0.05, 0) is 49.5 Å². The Balaban J connectivity index is 1.28. The average molecular weight is 462 g/mol. The van der Waals surface area contributed by atoms with Gasteiger partial charge in [-0.25, -0.2) is 4.98 Å². The Morgan fingerprint density at radius 3 is 2.82 bits per heavy atom. The van der Waals surface area contributed by atoms with Gasteiger partial charge in [0.15, 0.2) is 5.13 Å². The van der Waals surface area contributed by atoms with E-state index in [9.17, 15) is 9.59 Å². The van der Waals surface area contributed by atoms with Gasteiger partial charge >= 0.3 is 0 Å². The van der Waals surface area contributed by atoms with Crippen LogP contribution in [0, 0.1) is 11.3 Å². The molecule has 1 aliphatic heterocycles. The first kappa shape index (κ1) is 22.5. The second-order valence-corrected chi connectivity index (χ2v) is 8.78. The van der Waals surface area contributed by atoms with Gasteiger partial charge in [0.05, 0.1) is 30.4 Å². The molecule has 0 bridgehead atoms. The summed E-state index contributed by atoms with van der Waals surface area (Å²) >= 11 is 1.51. The van der Waals surface area contributed by atoms with E-state index in [-0.39, 0.29) is 24.8 Å². The number of carbonyl (C=O) groups is 2. The molecule has 1 aliphatic rings. The number of aromatic nitrogens is 1. The largest absolute Gasteiger partial charge is 0.493 e. The normalized spacial score (nSPS) is 13.0. The van der Waals surface area contributed by atoms with Crippen molar-refractivity contribution in [3.63, 3.8) is 0 Å². The fraction of sp³-hybridized carbons (Fsp3) is 0.250. The standard InChI is InChI=1S/C24H23N5O3S/c1-29-11-9-20-21(15-29)33-24(27-20)28-23(31)17-3-2-4-19(13-17)32-12-10-22(30)26-18-7-5-16(14-25)6-8-18/h2-8,13H,9-12,15H2,1H3,(H,26,30)(H,27,28,31). The lowest BCUT2D eigenvalue weighted by Crippen LogP contribution is -2.25. The van der Waals surface area contributed by atoms with Gasteiger partial charge in [-0.1, -0.05) is 6.07 Å². The molecule has 0 saturated carbocycles. The maximum absolute atomic E-state index is 12.7. The van der Waals surface area contributed by atoms with Crippen LogP contribution in [0.1, 0.15) is 32.9 Å². The third kappa shape index (κ3) is 5.94. The van der Waals surface area contributed by atoms with Gasteiger partial charge in [0.1, 0.15) is 5.75 Å². The molecule has 2 amide bonds. The van der Waals surface area contributed by atoms with Gasteiger partial charge in [0.25, 0.3) is 5.91 Å². The zero-order valence-electron chi connectivity index (χ0n) is 18.1. The fourth-order valence-corrected chi connectivity index (χ4v) is 4.47. The molecule has 0 unspecified atom stereocenters. The zero-order chi connectivity index (χ0) is 23.2. The van der Waals surface area contributed by atoms with Crippen molar-refractivity contribution >= 4 is 34.0 Å². The molecule has 1 aromatic heterocycles. The van der Waals surface area contributed by atoms with Gasteiger partial charge in [-0.2, -0.15) is 5.26 Å². The number of ether oxygens (including phenoxy) is 1. The van der Waals surface area contributed by atoms with Crippen LogP contribution < -0.4 is 15.4 Å². The highest BCUT2D eigenvalue weighted by molar-refractivity contribution is 7.15. The number of fused-ring (bicyclic) bond motifs is 1. The Morgan fingerprint density at radius 2 is 2.03 bits per heavy atom. The minimum Gasteiger partial charge on any atom is -0.493 e. The van der Waals surface area contributed by atoms with Crippen LogP contribution in [-0.4, -0.2) is 41.9 Å². The van der Waals surface area contributed by atoms with Crippen LogP contribution in [0.4, 0.5) is 10.8 Å². The second-order valence-electron chi connectivity index (χ2n) is 7.69. The molecule has 33 heavy (non-hydrogen) atoms. The predicted molar refractivity (Wildman–Crippen MR) is 126 cm³/mol. The fourth-order valence-electron chi connectivity index (χ4n) is 3.39. The third-order valence-electron chi connectivity index (χ3n) is 5.13. The predicted octanol–water partition coefficient (Wildman–Crippen LogP) is 3.66. The zero-order valence-corrected chi connectivity index (χ0v) is 18.9. The number of nitrogens with one attached hydrogen (secondary N) is 2. The molecular formula is C24H23N5O3S.